The average Bonchev–Trinajstić information content (AvgIpc) is 3.67. The first-order valence-corrected chi connectivity index (χ1v) is 16.6. The van der Waals surface area contributed by atoms with E-state index >= 15 is 0 Å². The van der Waals surface area contributed by atoms with Crippen LogP contribution in [0.3, 0.4) is 0 Å². The fourth-order valence-corrected chi connectivity index (χ4v) is 7.22. The van der Waals surface area contributed by atoms with Gasteiger partial charge in [-0.15, -0.1) is 0 Å². The molecule has 1 aliphatic carbocycles. The number of nitrogens with zero attached hydrogens (tertiary/aromatic N) is 4. The molecule has 4 heteroatoms. The summed E-state index contributed by atoms with van der Waals surface area (Å²) < 4.78 is 4.37. The van der Waals surface area contributed by atoms with Crippen LogP contribution in [0.5, 0.6) is 0 Å². The van der Waals surface area contributed by atoms with Gasteiger partial charge >= 0.3 is 0 Å². The van der Waals surface area contributed by atoms with E-state index in [9.17, 15) is 0 Å². The number of rotatable bonds is 5. The molecule has 0 amide bonds. The molecule has 1 aliphatic rings. The van der Waals surface area contributed by atoms with Crippen molar-refractivity contribution in [1.29, 1.82) is 0 Å². The van der Waals surface area contributed by atoms with Crippen molar-refractivity contribution in [2.75, 3.05) is 0 Å². The van der Waals surface area contributed by atoms with Gasteiger partial charge in [-0.2, -0.15) is 0 Å². The van der Waals surface area contributed by atoms with Gasteiger partial charge in [-0.05, 0) is 81.3 Å². The third kappa shape index (κ3) is 4.76. The summed E-state index contributed by atoms with van der Waals surface area (Å²) in [7, 11) is 4.19. The summed E-state index contributed by atoms with van der Waals surface area (Å²) in [6.07, 6.45) is 6.52. The number of aryl methyl sites for hydroxylation is 2. The summed E-state index contributed by atoms with van der Waals surface area (Å²) in [5, 5.41) is 2.48. The van der Waals surface area contributed by atoms with Crippen molar-refractivity contribution in [3.05, 3.63) is 151 Å². The average molecular weight is 619 g/mol. The van der Waals surface area contributed by atoms with Crippen molar-refractivity contribution >= 4 is 27.9 Å². The molecule has 0 N–H and O–H groups in total. The Morgan fingerprint density at radius 3 is 1.81 bits per heavy atom. The van der Waals surface area contributed by atoms with E-state index in [1.165, 1.54) is 55.5 Å². The van der Waals surface area contributed by atoms with Crippen LogP contribution in [0.15, 0.2) is 140 Å². The van der Waals surface area contributed by atoms with Gasteiger partial charge in [-0.1, -0.05) is 121 Å². The van der Waals surface area contributed by atoms with E-state index in [0.717, 1.165) is 46.7 Å². The van der Waals surface area contributed by atoms with Gasteiger partial charge in [-0.3, -0.25) is 0 Å². The summed E-state index contributed by atoms with van der Waals surface area (Å²) >= 11 is 0. The first-order valence-electron chi connectivity index (χ1n) is 16.6. The van der Waals surface area contributed by atoms with Gasteiger partial charge in [0.05, 0.1) is 22.4 Å². The van der Waals surface area contributed by atoms with Gasteiger partial charge < -0.3 is 9.13 Å². The minimum atomic E-state index is 0.981. The molecule has 0 fully saturated rings. The second-order valence-corrected chi connectivity index (χ2v) is 12.7. The number of allylic oxidation sites excluding steroid dienone is 1. The highest BCUT2D eigenvalue weighted by Crippen LogP contribution is 2.35. The van der Waals surface area contributed by atoms with Crippen molar-refractivity contribution in [3.8, 4) is 56.2 Å². The number of aromatic nitrogens is 4. The Bertz CT molecular complexity index is 2490. The van der Waals surface area contributed by atoms with Gasteiger partial charge in [0.1, 0.15) is 11.6 Å². The molecule has 6 aromatic carbocycles. The molecule has 230 valence electrons. The fourth-order valence-electron chi connectivity index (χ4n) is 7.22. The largest absolute Gasteiger partial charge is 0.327 e. The maximum absolute atomic E-state index is 4.95. The lowest BCUT2D eigenvalue weighted by Crippen LogP contribution is -1.98. The molecule has 0 aliphatic heterocycles. The predicted octanol–water partition coefficient (Wildman–Crippen LogP) is 10.8. The third-order valence-corrected chi connectivity index (χ3v) is 9.86. The number of hydrogen-bond acceptors (Lipinski definition) is 2. The summed E-state index contributed by atoms with van der Waals surface area (Å²) in [6, 6.07) is 48.2. The highest BCUT2D eigenvalue weighted by Gasteiger charge is 2.16. The van der Waals surface area contributed by atoms with Crippen LogP contribution in [0.4, 0.5) is 0 Å². The Morgan fingerprint density at radius 2 is 1.12 bits per heavy atom. The number of para-hydroxylation sites is 2. The molecule has 8 aromatic rings. The third-order valence-electron chi connectivity index (χ3n) is 9.86. The minimum absolute atomic E-state index is 0.981. The van der Waals surface area contributed by atoms with E-state index in [-0.39, 0.29) is 0 Å². The normalized spacial score (nSPS) is 12.5. The van der Waals surface area contributed by atoms with E-state index in [4.69, 9.17) is 9.97 Å². The first kappa shape index (κ1) is 28.2. The van der Waals surface area contributed by atoms with E-state index in [0.29, 0.717) is 0 Å². The molecule has 2 aromatic heterocycles. The van der Waals surface area contributed by atoms with E-state index in [1.807, 2.05) is 6.07 Å². The molecule has 0 saturated carbocycles. The van der Waals surface area contributed by atoms with Crippen LogP contribution >= 0.6 is 0 Å². The zero-order chi connectivity index (χ0) is 32.2. The zero-order valence-electron chi connectivity index (χ0n) is 27.1. The van der Waals surface area contributed by atoms with Gasteiger partial charge in [0, 0.05) is 25.2 Å². The van der Waals surface area contributed by atoms with Crippen molar-refractivity contribution in [3.63, 3.8) is 0 Å². The second-order valence-electron chi connectivity index (χ2n) is 12.7. The Labute approximate surface area is 280 Å². The molecule has 9 rings (SSSR count). The van der Waals surface area contributed by atoms with Gasteiger partial charge in [0.2, 0.25) is 0 Å². The maximum Gasteiger partial charge on any atom is 0.140 e. The summed E-state index contributed by atoms with van der Waals surface area (Å²) in [4.78, 5) is 9.82. The minimum Gasteiger partial charge on any atom is -0.327 e. The molecule has 0 spiro atoms. The number of hydrogen-bond donors (Lipinski definition) is 0. The van der Waals surface area contributed by atoms with Crippen LogP contribution in [0.1, 0.15) is 17.8 Å². The van der Waals surface area contributed by atoms with Gasteiger partial charge in [0.15, 0.2) is 0 Å². The second kappa shape index (κ2) is 11.4. The summed E-state index contributed by atoms with van der Waals surface area (Å²) in [5.74, 6) is 2.01. The Balaban J connectivity index is 0.965. The molecule has 0 saturated heterocycles. The number of imidazole rings is 2. The molecule has 0 unspecified atom stereocenters. The van der Waals surface area contributed by atoms with Crippen LogP contribution in [0, 0.1) is 0 Å². The topological polar surface area (TPSA) is 35.6 Å². The van der Waals surface area contributed by atoms with Crippen LogP contribution in [-0.2, 0) is 20.5 Å². The predicted molar refractivity (Wildman–Crippen MR) is 200 cm³/mol. The van der Waals surface area contributed by atoms with Crippen molar-refractivity contribution in [2.45, 2.75) is 12.8 Å². The van der Waals surface area contributed by atoms with E-state index in [2.05, 4.69) is 163 Å². The quantitative estimate of drug-likeness (QED) is 0.192. The molecule has 4 nitrogen and oxygen atoms in total. The van der Waals surface area contributed by atoms with E-state index in [1.54, 1.807) is 0 Å². The lowest BCUT2D eigenvalue weighted by Gasteiger charge is -2.11. The van der Waals surface area contributed by atoms with Crippen LogP contribution in [-0.4, -0.2) is 19.1 Å². The number of fused-ring (bicyclic) bond motifs is 3. The standard InChI is InChI=1S/C44H34N4/c1-47-41-12-5-3-10-39(41)45-43(47)33-22-16-30(17-23-33)29-14-20-32(21-15-29)37-9-7-8-36-28-35(26-27-38(36)37)31-18-24-34(25-19-31)44-46-40-11-4-6-13-42(40)48(44)2/h4-9,11-28H,3,10H2,1-2H3. The molecule has 0 bridgehead atoms. The Hall–Kier alpha value is -6.00. The monoisotopic (exact) mass is 618 g/mol. The Kier molecular flexibility index (Phi) is 6.68. The van der Waals surface area contributed by atoms with Crippen LogP contribution < -0.4 is 0 Å². The van der Waals surface area contributed by atoms with Crippen molar-refractivity contribution in [1.82, 2.24) is 19.1 Å². The molecular formula is C44H34N4. The lowest BCUT2D eigenvalue weighted by molar-refractivity contribution is 0.891. The van der Waals surface area contributed by atoms with Crippen LogP contribution in [0.25, 0.3) is 84.0 Å². The highest BCUT2D eigenvalue weighted by atomic mass is 15.1. The fraction of sp³-hybridized carbons (Fsp3) is 0.0909. The molecule has 2 heterocycles. The van der Waals surface area contributed by atoms with Gasteiger partial charge in [-0.25, -0.2) is 9.97 Å². The highest BCUT2D eigenvalue weighted by molar-refractivity contribution is 5.99. The number of benzene rings is 6. The van der Waals surface area contributed by atoms with Crippen molar-refractivity contribution < 1.29 is 0 Å². The molecule has 0 atom stereocenters. The van der Waals surface area contributed by atoms with Gasteiger partial charge in [0.25, 0.3) is 0 Å². The molecule has 48 heavy (non-hydrogen) atoms. The van der Waals surface area contributed by atoms with Crippen molar-refractivity contribution in [2.24, 2.45) is 14.1 Å². The zero-order valence-corrected chi connectivity index (χ0v) is 27.1. The summed E-state index contributed by atoms with van der Waals surface area (Å²) in [6.45, 7) is 0. The smallest absolute Gasteiger partial charge is 0.140 e. The first-order chi connectivity index (χ1) is 23.6. The maximum atomic E-state index is 4.95. The summed E-state index contributed by atoms with van der Waals surface area (Å²) in [5.41, 5.74) is 14.1. The SMILES string of the molecule is Cn1c(-c2ccc(-c3ccc(-c4cccc5cc(-c6ccc(-c7nc8ccccc8n7C)cc6)ccc45)cc3)cc2)nc2c1C=CCC2. The molecular weight excluding hydrogens is 585 g/mol. The lowest BCUT2D eigenvalue weighted by atomic mass is 9.94. The van der Waals surface area contributed by atoms with E-state index < -0.39 is 0 Å². The molecule has 0 radical (unpaired) electrons. The van der Waals surface area contributed by atoms with Crippen LogP contribution in [0.2, 0.25) is 0 Å². The Morgan fingerprint density at radius 1 is 0.521 bits per heavy atom.